The van der Waals surface area contributed by atoms with Crippen molar-refractivity contribution in [3.05, 3.63) is 57.8 Å². The quantitative estimate of drug-likeness (QED) is 0.614. The molecule has 2 N–H and O–H groups in total. The van der Waals surface area contributed by atoms with Crippen molar-refractivity contribution >= 4 is 40.9 Å². The molecule has 7 heteroatoms. The van der Waals surface area contributed by atoms with Crippen LogP contribution >= 0.6 is 11.3 Å². The zero-order valence-corrected chi connectivity index (χ0v) is 14.7. The van der Waals surface area contributed by atoms with Crippen LogP contribution in [0.5, 0.6) is 0 Å². The number of carbonyl (C=O) groups is 3. The summed E-state index contributed by atoms with van der Waals surface area (Å²) in [6.07, 6.45) is 2.93. The normalized spacial score (nSPS) is 10.5. The highest BCUT2D eigenvalue weighted by molar-refractivity contribution is 7.12. The molecule has 0 saturated carbocycles. The second kappa shape index (κ2) is 8.79. The predicted molar refractivity (Wildman–Crippen MR) is 97.5 cm³/mol. The van der Waals surface area contributed by atoms with Gasteiger partial charge >= 0.3 is 5.97 Å². The molecule has 0 saturated heterocycles. The first-order valence-corrected chi connectivity index (χ1v) is 8.33. The van der Waals surface area contributed by atoms with Crippen molar-refractivity contribution in [2.45, 2.75) is 6.92 Å². The molecule has 0 radical (unpaired) electrons. The van der Waals surface area contributed by atoms with E-state index in [9.17, 15) is 14.4 Å². The van der Waals surface area contributed by atoms with Crippen LogP contribution in [0.15, 0.2) is 42.5 Å². The minimum Gasteiger partial charge on any atom is -0.452 e. The van der Waals surface area contributed by atoms with Gasteiger partial charge in [0.1, 0.15) is 0 Å². The largest absolute Gasteiger partial charge is 0.452 e. The lowest BCUT2D eigenvalue weighted by Crippen LogP contribution is -2.21. The van der Waals surface area contributed by atoms with Gasteiger partial charge in [0.05, 0.1) is 0 Å². The molecule has 1 heterocycles. The summed E-state index contributed by atoms with van der Waals surface area (Å²) in [6, 6.07) is 10.3. The van der Waals surface area contributed by atoms with E-state index < -0.39 is 18.5 Å². The maximum atomic E-state index is 11.8. The highest BCUT2D eigenvalue weighted by atomic mass is 32.1. The lowest BCUT2D eigenvalue weighted by atomic mass is 10.2. The Labute approximate surface area is 149 Å². The van der Waals surface area contributed by atoms with Gasteiger partial charge < -0.3 is 15.4 Å². The third kappa shape index (κ3) is 5.89. The minimum atomic E-state index is -0.597. The highest BCUT2D eigenvalue weighted by Crippen LogP contribution is 2.16. The average Bonchev–Trinajstić information content (AvgIpc) is 3.03. The minimum absolute atomic E-state index is 0.253. The standard InChI is InChI=1S/C18H18N2O4S/c1-12-6-7-15(25-12)8-9-17(22)24-11-16(21)20-14-5-3-4-13(10-14)18(23)19-2/h3-10H,11H2,1-2H3,(H,19,23)(H,20,21)/b9-8+. The molecule has 0 bridgehead atoms. The Morgan fingerprint density at radius 3 is 2.68 bits per heavy atom. The van der Waals surface area contributed by atoms with Crippen molar-refractivity contribution in [3.8, 4) is 0 Å². The molecule has 25 heavy (non-hydrogen) atoms. The van der Waals surface area contributed by atoms with E-state index >= 15 is 0 Å². The van der Waals surface area contributed by atoms with Crippen LogP contribution in [-0.2, 0) is 14.3 Å². The molecule has 0 aliphatic rings. The van der Waals surface area contributed by atoms with Crippen LogP contribution in [0, 0.1) is 6.92 Å². The molecular weight excluding hydrogens is 340 g/mol. The predicted octanol–water partition coefficient (Wildman–Crippen LogP) is 2.61. The number of benzene rings is 1. The van der Waals surface area contributed by atoms with Crippen molar-refractivity contribution in [1.82, 2.24) is 5.32 Å². The van der Waals surface area contributed by atoms with E-state index in [2.05, 4.69) is 10.6 Å². The topological polar surface area (TPSA) is 84.5 Å². The molecule has 0 spiro atoms. The van der Waals surface area contributed by atoms with Gasteiger partial charge in [0, 0.05) is 34.1 Å². The summed E-state index contributed by atoms with van der Waals surface area (Å²) >= 11 is 1.55. The van der Waals surface area contributed by atoms with E-state index in [1.807, 2.05) is 19.1 Å². The number of anilines is 1. The summed E-state index contributed by atoms with van der Waals surface area (Å²) < 4.78 is 4.89. The molecule has 0 unspecified atom stereocenters. The number of rotatable bonds is 6. The lowest BCUT2D eigenvalue weighted by Gasteiger charge is -2.07. The Bertz CT molecular complexity index is 811. The van der Waals surface area contributed by atoms with Crippen molar-refractivity contribution in [3.63, 3.8) is 0 Å². The molecule has 2 aromatic rings. The number of ether oxygens (including phenoxy) is 1. The Kier molecular flexibility index (Phi) is 6.47. The van der Waals surface area contributed by atoms with E-state index in [0.717, 1.165) is 9.75 Å². The van der Waals surface area contributed by atoms with E-state index in [1.54, 1.807) is 35.6 Å². The van der Waals surface area contributed by atoms with Crippen LogP contribution in [-0.4, -0.2) is 31.4 Å². The third-order valence-electron chi connectivity index (χ3n) is 3.13. The Balaban J connectivity index is 1.83. The van der Waals surface area contributed by atoms with Crippen LogP contribution in [0.1, 0.15) is 20.1 Å². The van der Waals surface area contributed by atoms with Crippen molar-refractivity contribution < 1.29 is 19.1 Å². The van der Waals surface area contributed by atoms with Gasteiger partial charge in [-0.2, -0.15) is 0 Å². The monoisotopic (exact) mass is 358 g/mol. The molecule has 2 rings (SSSR count). The highest BCUT2D eigenvalue weighted by Gasteiger charge is 2.08. The van der Waals surface area contributed by atoms with Gasteiger partial charge in [-0.05, 0) is 43.3 Å². The Morgan fingerprint density at radius 1 is 1.20 bits per heavy atom. The smallest absolute Gasteiger partial charge is 0.331 e. The first-order valence-electron chi connectivity index (χ1n) is 7.51. The molecule has 1 aromatic heterocycles. The molecule has 2 amide bonds. The molecule has 6 nitrogen and oxygen atoms in total. The van der Waals surface area contributed by atoms with E-state index in [4.69, 9.17) is 4.74 Å². The van der Waals surface area contributed by atoms with Crippen LogP contribution in [0.3, 0.4) is 0 Å². The molecular formula is C18H18N2O4S. The number of nitrogens with one attached hydrogen (secondary N) is 2. The van der Waals surface area contributed by atoms with Gasteiger partial charge in [-0.15, -0.1) is 11.3 Å². The fourth-order valence-corrected chi connectivity index (χ4v) is 2.74. The maximum Gasteiger partial charge on any atom is 0.331 e. The molecule has 0 atom stereocenters. The van der Waals surface area contributed by atoms with Crippen molar-refractivity contribution in [2.24, 2.45) is 0 Å². The summed E-state index contributed by atoms with van der Waals surface area (Å²) in [5.41, 5.74) is 0.873. The molecule has 1 aromatic carbocycles. The van der Waals surface area contributed by atoms with Gasteiger partial charge in [0.25, 0.3) is 11.8 Å². The van der Waals surface area contributed by atoms with Crippen LogP contribution < -0.4 is 10.6 Å². The van der Waals surface area contributed by atoms with Gasteiger partial charge in [-0.1, -0.05) is 6.07 Å². The zero-order chi connectivity index (χ0) is 18.2. The van der Waals surface area contributed by atoms with E-state index in [-0.39, 0.29) is 5.91 Å². The number of hydrogen-bond donors (Lipinski definition) is 2. The fourth-order valence-electron chi connectivity index (χ4n) is 1.96. The number of amides is 2. The Morgan fingerprint density at radius 2 is 2.00 bits per heavy atom. The number of aryl methyl sites for hydroxylation is 1. The van der Waals surface area contributed by atoms with Crippen molar-refractivity contribution in [2.75, 3.05) is 19.0 Å². The van der Waals surface area contributed by atoms with Crippen LogP contribution in [0.2, 0.25) is 0 Å². The summed E-state index contributed by atoms with van der Waals surface area (Å²) in [4.78, 5) is 37.1. The first-order chi connectivity index (χ1) is 12.0. The molecule has 0 aliphatic carbocycles. The summed E-state index contributed by atoms with van der Waals surface area (Å²) in [5, 5.41) is 5.08. The number of esters is 1. The van der Waals surface area contributed by atoms with Gasteiger partial charge in [0.2, 0.25) is 0 Å². The van der Waals surface area contributed by atoms with E-state index in [1.165, 1.54) is 19.2 Å². The SMILES string of the molecule is CNC(=O)c1cccc(NC(=O)COC(=O)/C=C/c2ccc(C)s2)c1. The lowest BCUT2D eigenvalue weighted by molar-refractivity contribution is -0.142. The molecule has 130 valence electrons. The summed E-state index contributed by atoms with van der Waals surface area (Å²) in [5.74, 6) is -1.33. The summed E-state index contributed by atoms with van der Waals surface area (Å²) in [7, 11) is 1.53. The number of thiophene rings is 1. The fraction of sp³-hybridized carbons (Fsp3) is 0.167. The van der Waals surface area contributed by atoms with Crippen LogP contribution in [0.4, 0.5) is 5.69 Å². The average molecular weight is 358 g/mol. The number of hydrogen-bond acceptors (Lipinski definition) is 5. The molecule has 0 fully saturated rings. The van der Waals surface area contributed by atoms with Crippen LogP contribution in [0.25, 0.3) is 6.08 Å². The third-order valence-corrected chi connectivity index (χ3v) is 4.09. The first kappa shape index (κ1) is 18.4. The van der Waals surface area contributed by atoms with E-state index in [0.29, 0.717) is 11.3 Å². The van der Waals surface area contributed by atoms with Gasteiger partial charge in [-0.3, -0.25) is 9.59 Å². The number of carbonyl (C=O) groups excluding carboxylic acids is 3. The Hall–Kier alpha value is -2.93. The summed E-state index contributed by atoms with van der Waals surface area (Å²) in [6.45, 7) is 1.57. The van der Waals surface area contributed by atoms with Gasteiger partial charge in [0.15, 0.2) is 6.61 Å². The van der Waals surface area contributed by atoms with Crippen molar-refractivity contribution in [1.29, 1.82) is 0 Å². The second-order valence-corrected chi connectivity index (χ2v) is 6.42. The van der Waals surface area contributed by atoms with Gasteiger partial charge in [-0.25, -0.2) is 4.79 Å². The maximum absolute atomic E-state index is 11.8. The second-order valence-electron chi connectivity index (χ2n) is 5.10. The molecule has 0 aliphatic heterocycles. The zero-order valence-electron chi connectivity index (χ0n) is 13.9.